The van der Waals surface area contributed by atoms with Gasteiger partial charge in [0, 0.05) is 5.69 Å². The van der Waals surface area contributed by atoms with E-state index in [1.165, 1.54) is 11.8 Å². The molecule has 1 unspecified atom stereocenters. The standard InChI is InChI=1S/C15H19N3O2S2/c1-9-5-6-10(2)12(7-9)16-14(19)11(3)22-15-18-17-13(20-15)8-21-4/h5-7,11H,8H2,1-4H3,(H,16,19). The molecule has 22 heavy (non-hydrogen) atoms. The summed E-state index contributed by atoms with van der Waals surface area (Å²) in [4.78, 5) is 12.3. The van der Waals surface area contributed by atoms with Crippen LogP contribution >= 0.6 is 23.5 Å². The summed E-state index contributed by atoms with van der Waals surface area (Å²) in [7, 11) is 0. The SMILES string of the molecule is CSCc1nnc(SC(C)C(=O)Nc2cc(C)ccc2C)o1. The second-order valence-corrected chi connectivity index (χ2v) is 7.12. The number of rotatable bonds is 6. The average Bonchev–Trinajstić information content (AvgIpc) is 2.90. The van der Waals surface area contributed by atoms with Crippen LogP contribution in [0.3, 0.4) is 0 Å². The zero-order valence-corrected chi connectivity index (χ0v) is 14.7. The maximum atomic E-state index is 12.3. The van der Waals surface area contributed by atoms with Crippen LogP contribution in [0.25, 0.3) is 0 Å². The van der Waals surface area contributed by atoms with Gasteiger partial charge in [-0.15, -0.1) is 10.2 Å². The number of amides is 1. The van der Waals surface area contributed by atoms with Crippen LogP contribution in [0, 0.1) is 13.8 Å². The molecule has 1 amide bonds. The highest BCUT2D eigenvalue weighted by atomic mass is 32.2. The first-order valence-electron chi connectivity index (χ1n) is 6.85. The van der Waals surface area contributed by atoms with Crippen molar-refractivity contribution in [2.24, 2.45) is 0 Å². The Morgan fingerprint density at radius 2 is 2.14 bits per heavy atom. The van der Waals surface area contributed by atoms with Gasteiger partial charge >= 0.3 is 0 Å². The predicted molar refractivity (Wildman–Crippen MR) is 91.4 cm³/mol. The number of anilines is 1. The van der Waals surface area contributed by atoms with Crippen molar-refractivity contribution in [3.63, 3.8) is 0 Å². The van der Waals surface area contributed by atoms with Crippen molar-refractivity contribution in [3.8, 4) is 0 Å². The van der Waals surface area contributed by atoms with Gasteiger partial charge in [-0.3, -0.25) is 4.79 Å². The molecular formula is C15H19N3O2S2. The number of nitrogens with zero attached hydrogens (tertiary/aromatic N) is 2. The summed E-state index contributed by atoms with van der Waals surface area (Å²) in [5, 5.41) is 10.9. The minimum absolute atomic E-state index is 0.0803. The van der Waals surface area contributed by atoms with Crippen LogP contribution in [0.2, 0.25) is 0 Å². The third-order valence-corrected chi connectivity index (χ3v) is 4.48. The largest absolute Gasteiger partial charge is 0.415 e. The van der Waals surface area contributed by atoms with Gasteiger partial charge < -0.3 is 9.73 Å². The summed E-state index contributed by atoms with van der Waals surface area (Å²) in [6.45, 7) is 5.79. The Morgan fingerprint density at radius 1 is 1.36 bits per heavy atom. The van der Waals surface area contributed by atoms with E-state index in [1.54, 1.807) is 11.8 Å². The van der Waals surface area contributed by atoms with Crippen LogP contribution in [-0.4, -0.2) is 27.6 Å². The van der Waals surface area contributed by atoms with E-state index in [0.717, 1.165) is 16.8 Å². The second-order valence-electron chi connectivity index (χ2n) is 4.96. The van der Waals surface area contributed by atoms with Crippen molar-refractivity contribution in [2.45, 2.75) is 37.0 Å². The Labute approximate surface area is 138 Å². The third-order valence-electron chi connectivity index (χ3n) is 3.01. The van der Waals surface area contributed by atoms with Gasteiger partial charge in [-0.2, -0.15) is 11.8 Å². The van der Waals surface area contributed by atoms with Crippen LogP contribution in [0.15, 0.2) is 27.8 Å². The minimum Gasteiger partial charge on any atom is -0.415 e. The number of carbonyl (C=O) groups is 1. The van der Waals surface area contributed by atoms with Crippen LogP contribution < -0.4 is 5.32 Å². The van der Waals surface area contributed by atoms with Crippen LogP contribution in [0.1, 0.15) is 23.9 Å². The van der Waals surface area contributed by atoms with Crippen LogP contribution in [-0.2, 0) is 10.5 Å². The Balaban J connectivity index is 1.98. The fraction of sp³-hybridized carbons (Fsp3) is 0.400. The van der Waals surface area contributed by atoms with E-state index < -0.39 is 0 Å². The normalized spacial score (nSPS) is 12.2. The molecular weight excluding hydrogens is 318 g/mol. The lowest BCUT2D eigenvalue weighted by Gasteiger charge is -2.12. The van der Waals surface area contributed by atoms with E-state index in [2.05, 4.69) is 15.5 Å². The van der Waals surface area contributed by atoms with Gasteiger partial charge in [0.05, 0.1) is 11.0 Å². The number of hydrogen-bond acceptors (Lipinski definition) is 6. The number of hydrogen-bond donors (Lipinski definition) is 1. The van der Waals surface area contributed by atoms with Crippen molar-refractivity contribution >= 4 is 35.1 Å². The van der Waals surface area contributed by atoms with Crippen molar-refractivity contribution in [1.29, 1.82) is 0 Å². The number of aryl methyl sites for hydroxylation is 2. The molecule has 0 aliphatic heterocycles. The maximum absolute atomic E-state index is 12.3. The zero-order valence-electron chi connectivity index (χ0n) is 13.0. The van der Waals surface area contributed by atoms with Crippen molar-refractivity contribution in [2.75, 3.05) is 11.6 Å². The van der Waals surface area contributed by atoms with E-state index in [0.29, 0.717) is 16.9 Å². The first-order valence-corrected chi connectivity index (χ1v) is 9.13. The average molecular weight is 337 g/mol. The molecule has 0 bridgehead atoms. The molecule has 7 heteroatoms. The number of carbonyl (C=O) groups excluding carboxylic acids is 1. The number of aromatic nitrogens is 2. The Hall–Kier alpha value is -1.47. The quantitative estimate of drug-likeness (QED) is 0.811. The molecule has 0 spiro atoms. The lowest BCUT2D eigenvalue weighted by Crippen LogP contribution is -2.22. The molecule has 1 heterocycles. The maximum Gasteiger partial charge on any atom is 0.277 e. The monoisotopic (exact) mass is 337 g/mol. The zero-order chi connectivity index (χ0) is 16.1. The second kappa shape index (κ2) is 7.69. The molecule has 1 N–H and O–H groups in total. The summed E-state index contributed by atoms with van der Waals surface area (Å²) in [5.41, 5.74) is 2.99. The van der Waals surface area contributed by atoms with Crippen molar-refractivity contribution < 1.29 is 9.21 Å². The van der Waals surface area contributed by atoms with Crippen molar-refractivity contribution in [1.82, 2.24) is 10.2 Å². The summed E-state index contributed by atoms with van der Waals surface area (Å²) >= 11 is 2.88. The van der Waals surface area contributed by atoms with Crippen LogP contribution in [0.5, 0.6) is 0 Å². The van der Waals surface area contributed by atoms with E-state index in [1.807, 2.05) is 45.2 Å². The van der Waals surface area contributed by atoms with Gasteiger partial charge in [-0.25, -0.2) is 0 Å². The van der Waals surface area contributed by atoms with Crippen molar-refractivity contribution in [3.05, 3.63) is 35.2 Å². The summed E-state index contributed by atoms with van der Waals surface area (Å²) in [5.74, 6) is 1.18. The first-order chi connectivity index (χ1) is 10.5. The molecule has 1 aromatic heterocycles. The molecule has 0 saturated carbocycles. The molecule has 118 valence electrons. The van der Waals surface area contributed by atoms with E-state index in [-0.39, 0.29) is 11.2 Å². The number of nitrogens with one attached hydrogen (secondary N) is 1. The third kappa shape index (κ3) is 4.51. The first kappa shape index (κ1) is 16.9. The minimum atomic E-state index is -0.317. The van der Waals surface area contributed by atoms with Gasteiger partial charge in [0.15, 0.2) is 0 Å². The summed E-state index contributed by atoms with van der Waals surface area (Å²) in [6.07, 6.45) is 1.97. The van der Waals surface area contributed by atoms with E-state index in [4.69, 9.17) is 4.42 Å². The number of benzene rings is 1. The molecule has 0 saturated heterocycles. The van der Waals surface area contributed by atoms with Gasteiger partial charge in [-0.05, 0) is 44.2 Å². The topological polar surface area (TPSA) is 68.0 Å². The fourth-order valence-electron chi connectivity index (χ4n) is 1.78. The van der Waals surface area contributed by atoms with Gasteiger partial charge in [0.1, 0.15) is 0 Å². The van der Waals surface area contributed by atoms with Gasteiger partial charge in [-0.1, -0.05) is 23.9 Å². The smallest absolute Gasteiger partial charge is 0.277 e. The Morgan fingerprint density at radius 3 is 2.86 bits per heavy atom. The molecule has 0 fully saturated rings. The summed E-state index contributed by atoms with van der Waals surface area (Å²) < 4.78 is 5.48. The Kier molecular flexibility index (Phi) is 5.90. The lowest BCUT2D eigenvalue weighted by atomic mass is 10.1. The van der Waals surface area contributed by atoms with E-state index >= 15 is 0 Å². The van der Waals surface area contributed by atoms with E-state index in [9.17, 15) is 4.79 Å². The molecule has 5 nitrogen and oxygen atoms in total. The Bertz CT molecular complexity index is 658. The molecule has 0 aliphatic rings. The molecule has 0 radical (unpaired) electrons. The number of thioether (sulfide) groups is 2. The highest BCUT2D eigenvalue weighted by molar-refractivity contribution is 8.00. The molecule has 1 atom stereocenters. The predicted octanol–water partition coefficient (Wildman–Crippen LogP) is 3.67. The summed E-state index contributed by atoms with van der Waals surface area (Å²) in [6, 6.07) is 5.98. The molecule has 1 aromatic carbocycles. The van der Waals surface area contributed by atoms with Crippen LogP contribution in [0.4, 0.5) is 5.69 Å². The molecule has 2 rings (SSSR count). The highest BCUT2D eigenvalue weighted by Gasteiger charge is 2.19. The fourth-order valence-corrected chi connectivity index (χ4v) is 2.84. The molecule has 0 aliphatic carbocycles. The highest BCUT2D eigenvalue weighted by Crippen LogP contribution is 2.24. The van der Waals surface area contributed by atoms with Gasteiger partial charge in [0.25, 0.3) is 5.22 Å². The van der Waals surface area contributed by atoms with Gasteiger partial charge in [0.2, 0.25) is 11.8 Å². The lowest BCUT2D eigenvalue weighted by molar-refractivity contribution is -0.115. The molecule has 2 aromatic rings.